The van der Waals surface area contributed by atoms with Gasteiger partial charge in [0.15, 0.2) is 0 Å². The van der Waals surface area contributed by atoms with Gasteiger partial charge in [0.2, 0.25) is 5.91 Å². The van der Waals surface area contributed by atoms with Crippen LogP contribution < -0.4 is 5.73 Å². The van der Waals surface area contributed by atoms with Gasteiger partial charge in [-0.25, -0.2) is 0 Å². The molecule has 3 nitrogen and oxygen atoms in total. The summed E-state index contributed by atoms with van der Waals surface area (Å²) in [5.74, 6) is 0.117. The lowest BCUT2D eigenvalue weighted by Gasteiger charge is -2.29. The van der Waals surface area contributed by atoms with Gasteiger partial charge in [-0.3, -0.25) is 4.79 Å². The highest BCUT2D eigenvalue weighted by Gasteiger charge is 2.23. The molecule has 1 amide bonds. The third kappa shape index (κ3) is 1.04. The summed E-state index contributed by atoms with van der Waals surface area (Å²) < 4.78 is 0. The number of carbonyl (C=O) groups is 1. The standard InChI is InChI=1S/C7H12N2O/c1-5-6(8)3-4-7(10)9(5)2/h6H,1,3-4,8H2,2H3. The van der Waals surface area contributed by atoms with E-state index in [4.69, 9.17) is 5.73 Å². The molecule has 0 radical (unpaired) electrons. The van der Waals surface area contributed by atoms with Gasteiger partial charge in [-0.2, -0.15) is 0 Å². The van der Waals surface area contributed by atoms with Crippen molar-refractivity contribution in [2.75, 3.05) is 7.05 Å². The number of carbonyl (C=O) groups excluding carboxylic acids is 1. The molecule has 0 aromatic heterocycles. The number of rotatable bonds is 0. The molecule has 1 heterocycles. The summed E-state index contributed by atoms with van der Waals surface area (Å²) in [6.07, 6.45) is 1.29. The predicted molar refractivity (Wildman–Crippen MR) is 39.1 cm³/mol. The number of hydrogen-bond donors (Lipinski definition) is 1. The zero-order chi connectivity index (χ0) is 7.72. The van der Waals surface area contributed by atoms with Crippen LogP contribution >= 0.6 is 0 Å². The van der Waals surface area contributed by atoms with Crippen LogP contribution in [0.1, 0.15) is 12.8 Å². The second-order valence-electron chi connectivity index (χ2n) is 2.59. The summed E-state index contributed by atoms with van der Waals surface area (Å²) in [4.78, 5) is 12.5. The van der Waals surface area contributed by atoms with Gasteiger partial charge in [-0.15, -0.1) is 0 Å². The van der Waals surface area contributed by atoms with Crippen LogP contribution in [0.25, 0.3) is 0 Å². The Hall–Kier alpha value is -0.830. The molecule has 0 spiro atoms. The van der Waals surface area contributed by atoms with Crippen LogP contribution in [-0.4, -0.2) is 23.9 Å². The van der Waals surface area contributed by atoms with E-state index < -0.39 is 0 Å². The van der Waals surface area contributed by atoms with Crippen LogP contribution in [0.4, 0.5) is 0 Å². The Morgan fingerprint density at radius 3 is 2.90 bits per heavy atom. The lowest BCUT2D eigenvalue weighted by molar-refractivity contribution is -0.129. The van der Waals surface area contributed by atoms with E-state index in [0.29, 0.717) is 6.42 Å². The van der Waals surface area contributed by atoms with Crippen molar-refractivity contribution in [2.24, 2.45) is 5.73 Å². The van der Waals surface area contributed by atoms with Crippen molar-refractivity contribution in [3.05, 3.63) is 12.3 Å². The molecule has 2 N–H and O–H groups in total. The molecule has 1 atom stereocenters. The highest BCUT2D eigenvalue weighted by Crippen LogP contribution is 2.16. The van der Waals surface area contributed by atoms with E-state index in [0.717, 1.165) is 12.1 Å². The molecular formula is C7H12N2O. The average Bonchev–Trinajstić information content (AvgIpc) is 1.93. The van der Waals surface area contributed by atoms with Crippen LogP contribution in [0.5, 0.6) is 0 Å². The predicted octanol–water partition coefficient (Wildman–Crippen LogP) is 0.0796. The minimum atomic E-state index is -0.0253. The van der Waals surface area contributed by atoms with Crippen LogP contribution in [0, 0.1) is 0 Å². The van der Waals surface area contributed by atoms with E-state index in [-0.39, 0.29) is 11.9 Å². The number of amides is 1. The smallest absolute Gasteiger partial charge is 0.226 e. The molecule has 1 aliphatic rings. The summed E-state index contributed by atoms with van der Waals surface area (Å²) in [7, 11) is 1.71. The topological polar surface area (TPSA) is 46.3 Å². The normalized spacial score (nSPS) is 27.4. The first-order valence-electron chi connectivity index (χ1n) is 3.34. The molecule has 0 bridgehead atoms. The lowest BCUT2D eigenvalue weighted by atomic mass is 10.0. The van der Waals surface area contributed by atoms with Crippen molar-refractivity contribution >= 4 is 5.91 Å². The van der Waals surface area contributed by atoms with E-state index in [2.05, 4.69) is 6.58 Å². The molecule has 0 aromatic rings. The Labute approximate surface area is 60.5 Å². The van der Waals surface area contributed by atoms with E-state index in [9.17, 15) is 4.79 Å². The maximum Gasteiger partial charge on any atom is 0.226 e. The van der Waals surface area contributed by atoms with Gasteiger partial charge in [0, 0.05) is 25.2 Å². The first-order chi connectivity index (χ1) is 4.63. The van der Waals surface area contributed by atoms with Gasteiger partial charge < -0.3 is 10.6 Å². The van der Waals surface area contributed by atoms with Gasteiger partial charge in [-0.05, 0) is 6.42 Å². The minimum absolute atomic E-state index is 0.0253. The monoisotopic (exact) mass is 140 g/mol. The second-order valence-corrected chi connectivity index (χ2v) is 2.59. The van der Waals surface area contributed by atoms with Crippen molar-refractivity contribution in [3.8, 4) is 0 Å². The van der Waals surface area contributed by atoms with Crippen molar-refractivity contribution < 1.29 is 4.79 Å². The van der Waals surface area contributed by atoms with Crippen LogP contribution in [-0.2, 0) is 4.79 Å². The number of likely N-dealkylation sites (tertiary alicyclic amines) is 1. The minimum Gasteiger partial charge on any atom is -0.323 e. The largest absolute Gasteiger partial charge is 0.323 e. The molecular weight excluding hydrogens is 128 g/mol. The first kappa shape index (κ1) is 7.28. The van der Waals surface area contributed by atoms with Gasteiger partial charge in [0.05, 0.1) is 0 Å². The fraction of sp³-hybridized carbons (Fsp3) is 0.571. The van der Waals surface area contributed by atoms with Crippen LogP contribution in [0.15, 0.2) is 12.3 Å². The summed E-state index contributed by atoms with van der Waals surface area (Å²) in [5.41, 5.74) is 6.37. The van der Waals surface area contributed by atoms with E-state index in [1.165, 1.54) is 4.90 Å². The Morgan fingerprint density at radius 2 is 2.40 bits per heavy atom. The number of hydrogen-bond acceptors (Lipinski definition) is 2. The van der Waals surface area contributed by atoms with Gasteiger partial charge in [-0.1, -0.05) is 6.58 Å². The molecule has 1 fully saturated rings. The Kier molecular flexibility index (Phi) is 1.76. The van der Waals surface area contributed by atoms with E-state index in [1.54, 1.807) is 7.05 Å². The molecule has 1 saturated heterocycles. The molecule has 10 heavy (non-hydrogen) atoms. The summed E-state index contributed by atoms with van der Waals surface area (Å²) in [6, 6.07) is -0.0253. The Bertz CT molecular complexity index is 176. The lowest BCUT2D eigenvalue weighted by Crippen LogP contribution is -2.41. The van der Waals surface area contributed by atoms with E-state index in [1.807, 2.05) is 0 Å². The van der Waals surface area contributed by atoms with Crippen molar-refractivity contribution in [1.82, 2.24) is 4.90 Å². The van der Waals surface area contributed by atoms with Crippen molar-refractivity contribution in [2.45, 2.75) is 18.9 Å². The number of likely N-dealkylation sites (N-methyl/N-ethyl adjacent to an activating group) is 1. The zero-order valence-electron chi connectivity index (χ0n) is 6.13. The molecule has 56 valence electrons. The van der Waals surface area contributed by atoms with Gasteiger partial charge in [0.1, 0.15) is 0 Å². The molecule has 0 aromatic carbocycles. The van der Waals surface area contributed by atoms with Crippen LogP contribution in [0.2, 0.25) is 0 Å². The molecule has 1 unspecified atom stereocenters. The molecule has 0 saturated carbocycles. The fourth-order valence-electron chi connectivity index (χ4n) is 1.02. The summed E-state index contributed by atoms with van der Waals surface area (Å²) in [5, 5.41) is 0. The fourth-order valence-corrected chi connectivity index (χ4v) is 1.02. The number of nitrogens with zero attached hydrogens (tertiary/aromatic N) is 1. The van der Waals surface area contributed by atoms with Gasteiger partial charge in [0.25, 0.3) is 0 Å². The molecule has 0 aliphatic carbocycles. The van der Waals surface area contributed by atoms with Crippen molar-refractivity contribution in [1.29, 1.82) is 0 Å². The molecule has 1 rings (SSSR count). The molecule has 1 aliphatic heterocycles. The Morgan fingerprint density at radius 1 is 1.80 bits per heavy atom. The maximum absolute atomic E-state index is 11.0. The number of nitrogens with two attached hydrogens (primary N) is 1. The zero-order valence-corrected chi connectivity index (χ0v) is 6.13. The summed E-state index contributed by atoms with van der Waals surface area (Å²) in [6.45, 7) is 3.71. The third-order valence-corrected chi connectivity index (χ3v) is 1.90. The Balaban J connectivity index is 2.70. The maximum atomic E-state index is 11.0. The first-order valence-corrected chi connectivity index (χ1v) is 3.34. The highest BCUT2D eigenvalue weighted by molar-refractivity contribution is 5.79. The van der Waals surface area contributed by atoms with Crippen LogP contribution in [0.3, 0.4) is 0 Å². The third-order valence-electron chi connectivity index (χ3n) is 1.90. The van der Waals surface area contributed by atoms with Crippen molar-refractivity contribution in [3.63, 3.8) is 0 Å². The average molecular weight is 140 g/mol. The van der Waals surface area contributed by atoms with E-state index >= 15 is 0 Å². The van der Waals surface area contributed by atoms with Gasteiger partial charge >= 0.3 is 0 Å². The highest BCUT2D eigenvalue weighted by atomic mass is 16.2. The summed E-state index contributed by atoms with van der Waals surface area (Å²) >= 11 is 0. The number of piperidine rings is 1. The SMILES string of the molecule is C=C1C(N)CCC(=O)N1C. The molecule has 3 heteroatoms. The quantitative estimate of drug-likeness (QED) is 0.518. The second kappa shape index (κ2) is 2.42.